The average molecular weight is 260 g/mol. The Bertz CT molecular complexity index is 524. The van der Waals surface area contributed by atoms with Crippen LogP contribution in [-0.4, -0.2) is 24.1 Å². The number of nitriles is 1. The highest BCUT2D eigenvalue weighted by molar-refractivity contribution is 5.70. The van der Waals surface area contributed by atoms with Crippen molar-refractivity contribution in [3.8, 4) is 6.07 Å². The van der Waals surface area contributed by atoms with Crippen molar-refractivity contribution in [2.75, 3.05) is 18.0 Å². The highest BCUT2D eigenvalue weighted by Crippen LogP contribution is 2.34. The largest absolute Gasteiger partial charge is 0.362 e. The number of nitrogens with two attached hydrogens (primary N) is 1. The predicted molar refractivity (Wildman–Crippen MR) is 71.9 cm³/mol. The van der Waals surface area contributed by atoms with Gasteiger partial charge >= 0.3 is 5.69 Å². The molecule has 1 aliphatic heterocycles. The summed E-state index contributed by atoms with van der Waals surface area (Å²) in [7, 11) is 0. The summed E-state index contributed by atoms with van der Waals surface area (Å²) in [5.41, 5.74) is 6.26. The second-order valence-electron chi connectivity index (χ2n) is 4.62. The van der Waals surface area contributed by atoms with E-state index in [2.05, 4.69) is 0 Å². The van der Waals surface area contributed by atoms with E-state index < -0.39 is 4.92 Å². The maximum Gasteiger partial charge on any atom is 0.310 e. The van der Waals surface area contributed by atoms with Crippen LogP contribution < -0.4 is 10.6 Å². The molecule has 0 aromatic heterocycles. The van der Waals surface area contributed by atoms with Gasteiger partial charge in [-0.05, 0) is 31.4 Å². The van der Waals surface area contributed by atoms with E-state index in [9.17, 15) is 10.1 Å². The molecule has 1 aliphatic rings. The van der Waals surface area contributed by atoms with Crippen LogP contribution in [0.3, 0.4) is 0 Å². The van der Waals surface area contributed by atoms with Crippen LogP contribution in [0, 0.1) is 21.4 Å². The molecule has 0 bridgehead atoms. The molecule has 1 atom stereocenters. The highest BCUT2D eigenvalue weighted by Gasteiger charge is 2.29. The first-order valence-corrected chi connectivity index (χ1v) is 6.33. The van der Waals surface area contributed by atoms with E-state index in [1.54, 1.807) is 12.1 Å². The van der Waals surface area contributed by atoms with E-state index in [-0.39, 0.29) is 17.3 Å². The summed E-state index contributed by atoms with van der Waals surface area (Å²) in [5, 5.41) is 20.3. The Morgan fingerprint density at radius 1 is 1.53 bits per heavy atom. The van der Waals surface area contributed by atoms with Gasteiger partial charge in [-0.1, -0.05) is 6.07 Å². The molecule has 2 rings (SSSR count). The molecule has 1 heterocycles. The SMILES string of the molecule is N#Cc1cccc(N2CCCCC2CN)c1[N+](=O)[O-]. The Morgan fingerprint density at radius 3 is 2.95 bits per heavy atom. The van der Waals surface area contributed by atoms with Crippen LogP contribution in [0.2, 0.25) is 0 Å². The van der Waals surface area contributed by atoms with Gasteiger partial charge < -0.3 is 10.6 Å². The minimum atomic E-state index is -0.476. The fourth-order valence-electron chi connectivity index (χ4n) is 2.61. The van der Waals surface area contributed by atoms with Gasteiger partial charge in [0.2, 0.25) is 0 Å². The van der Waals surface area contributed by atoms with Crippen LogP contribution in [0.25, 0.3) is 0 Å². The van der Waals surface area contributed by atoms with E-state index in [0.29, 0.717) is 12.2 Å². The normalized spacial score (nSPS) is 18.9. The number of hydrogen-bond acceptors (Lipinski definition) is 5. The van der Waals surface area contributed by atoms with Crippen LogP contribution in [0.15, 0.2) is 18.2 Å². The standard InChI is InChI=1S/C13H16N4O2/c14-8-10-4-3-6-12(13(10)17(18)19)16-7-2-1-5-11(16)9-15/h3-4,6,11H,1-2,5,7,9,15H2. The number of nitrogens with zero attached hydrogens (tertiary/aromatic N) is 3. The number of rotatable bonds is 3. The highest BCUT2D eigenvalue weighted by atomic mass is 16.6. The molecule has 19 heavy (non-hydrogen) atoms. The van der Waals surface area contributed by atoms with Gasteiger partial charge in [0.05, 0.1) is 4.92 Å². The Morgan fingerprint density at radius 2 is 2.32 bits per heavy atom. The Kier molecular flexibility index (Phi) is 3.97. The summed E-state index contributed by atoms with van der Waals surface area (Å²) in [5.74, 6) is 0. The van der Waals surface area contributed by atoms with E-state index in [0.717, 1.165) is 25.8 Å². The summed E-state index contributed by atoms with van der Waals surface area (Å²) >= 11 is 0. The molecular formula is C13H16N4O2. The molecule has 6 heteroatoms. The van der Waals surface area contributed by atoms with Gasteiger partial charge in [0, 0.05) is 19.1 Å². The molecule has 1 fully saturated rings. The van der Waals surface area contributed by atoms with E-state index in [4.69, 9.17) is 11.0 Å². The van der Waals surface area contributed by atoms with Gasteiger partial charge in [-0.25, -0.2) is 0 Å². The van der Waals surface area contributed by atoms with Crippen molar-refractivity contribution in [2.24, 2.45) is 5.73 Å². The summed E-state index contributed by atoms with van der Waals surface area (Å²) in [6.45, 7) is 1.21. The van der Waals surface area contributed by atoms with Gasteiger partial charge in [0.1, 0.15) is 17.3 Å². The van der Waals surface area contributed by atoms with Gasteiger partial charge in [0.25, 0.3) is 0 Å². The van der Waals surface area contributed by atoms with Crippen molar-refractivity contribution in [3.63, 3.8) is 0 Å². The molecule has 100 valence electrons. The fourth-order valence-corrected chi connectivity index (χ4v) is 2.61. The van der Waals surface area contributed by atoms with Gasteiger partial charge in [-0.15, -0.1) is 0 Å². The zero-order valence-electron chi connectivity index (χ0n) is 10.6. The van der Waals surface area contributed by atoms with Gasteiger partial charge in [0.15, 0.2) is 0 Å². The fraction of sp³-hybridized carbons (Fsp3) is 0.462. The smallest absolute Gasteiger partial charge is 0.310 e. The van der Waals surface area contributed by atoms with Crippen molar-refractivity contribution in [1.82, 2.24) is 0 Å². The first-order chi connectivity index (χ1) is 9.19. The maximum absolute atomic E-state index is 11.2. The number of anilines is 1. The summed E-state index contributed by atoms with van der Waals surface area (Å²) < 4.78 is 0. The van der Waals surface area contributed by atoms with Crippen molar-refractivity contribution in [3.05, 3.63) is 33.9 Å². The lowest BCUT2D eigenvalue weighted by Gasteiger charge is -2.36. The monoisotopic (exact) mass is 260 g/mol. The molecule has 0 radical (unpaired) electrons. The lowest BCUT2D eigenvalue weighted by atomic mass is 10.00. The molecule has 1 unspecified atom stereocenters. The quantitative estimate of drug-likeness (QED) is 0.660. The molecule has 0 spiro atoms. The van der Waals surface area contributed by atoms with E-state index in [1.165, 1.54) is 6.07 Å². The molecule has 1 aromatic rings. The lowest BCUT2D eigenvalue weighted by molar-refractivity contribution is -0.384. The minimum Gasteiger partial charge on any atom is -0.362 e. The number of nitro groups is 1. The van der Waals surface area contributed by atoms with Crippen molar-refractivity contribution < 1.29 is 4.92 Å². The zero-order chi connectivity index (χ0) is 13.8. The third-order valence-corrected chi connectivity index (χ3v) is 3.53. The second kappa shape index (κ2) is 5.67. The molecule has 6 nitrogen and oxygen atoms in total. The lowest BCUT2D eigenvalue weighted by Crippen LogP contribution is -2.44. The van der Waals surface area contributed by atoms with Crippen molar-refractivity contribution >= 4 is 11.4 Å². The van der Waals surface area contributed by atoms with Gasteiger partial charge in [-0.3, -0.25) is 10.1 Å². The zero-order valence-corrected chi connectivity index (χ0v) is 10.6. The van der Waals surface area contributed by atoms with Crippen LogP contribution in [0.1, 0.15) is 24.8 Å². The molecule has 1 aromatic carbocycles. The third-order valence-electron chi connectivity index (χ3n) is 3.53. The summed E-state index contributed by atoms with van der Waals surface area (Å²) in [6.07, 6.45) is 3.01. The Labute approximate surface area is 111 Å². The van der Waals surface area contributed by atoms with Crippen LogP contribution in [0.4, 0.5) is 11.4 Å². The first-order valence-electron chi connectivity index (χ1n) is 6.33. The van der Waals surface area contributed by atoms with Crippen molar-refractivity contribution in [1.29, 1.82) is 5.26 Å². The van der Waals surface area contributed by atoms with Gasteiger partial charge in [-0.2, -0.15) is 5.26 Å². The topological polar surface area (TPSA) is 96.2 Å². The number of nitro benzene ring substituents is 1. The number of benzene rings is 1. The van der Waals surface area contributed by atoms with Crippen LogP contribution in [-0.2, 0) is 0 Å². The van der Waals surface area contributed by atoms with Crippen LogP contribution in [0.5, 0.6) is 0 Å². The minimum absolute atomic E-state index is 0.101. The molecule has 0 amide bonds. The number of piperidine rings is 1. The number of hydrogen-bond donors (Lipinski definition) is 1. The molecule has 0 saturated carbocycles. The van der Waals surface area contributed by atoms with Crippen LogP contribution >= 0.6 is 0 Å². The third kappa shape index (κ3) is 2.51. The Balaban J connectivity index is 2.49. The first kappa shape index (κ1) is 13.3. The van der Waals surface area contributed by atoms with E-state index >= 15 is 0 Å². The molecule has 0 aliphatic carbocycles. The molecule has 1 saturated heterocycles. The van der Waals surface area contributed by atoms with Crippen molar-refractivity contribution in [2.45, 2.75) is 25.3 Å². The maximum atomic E-state index is 11.2. The summed E-state index contributed by atoms with van der Waals surface area (Å²) in [6, 6.07) is 6.86. The summed E-state index contributed by atoms with van der Waals surface area (Å²) in [4.78, 5) is 12.7. The molecule has 2 N–H and O–H groups in total. The average Bonchev–Trinajstić information content (AvgIpc) is 2.46. The predicted octanol–water partition coefficient (Wildman–Crippen LogP) is 1.78. The van der Waals surface area contributed by atoms with E-state index in [1.807, 2.05) is 11.0 Å². The second-order valence-corrected chi connectivity index (χ2v) is 4.62. The Hall–Kier alpha value is -2.13. The molecular weight excluding hydrogens is 244 g/mol. The number of para-hydroxylation sites is 1.